The minimum atomic E-state index is -0.498. The zero-order valence-corrected chi connectivity index (χ0v) is 12.1. The van der Waals surface area contributed by atoms with E-state index < -0.39 is 11.7 Å². The van der Waals surface area contributed by atoms with Gasteiger partial charge in [0.05, 0.1) is 11.2 Å². The molecule has 0 saturated heterocycles. The van der Waals surface area contributed by atoms with Crippen molar-refractivity contribution in [3.8, 4) is 0 Å². The van der Waals surface area contributed by atoms with Crippen molar-refractivity contribution in [2.75, 3.05) is 5.32 Å². The zero-order chi connectivity index (χ0) is 14.2. The number of ether oxygens (including phenoxy) is 1. The first-order valence-electron chi connectivity index (χ1n) is 6.33. The largest absolute Gasteiger partial charge is 0.444 e. The molecule has 2 aromatic rings. The van der Waals surface area contributed by atoms with Gasteiger partial charge in [-0.2, -0.15) is 0 Å². The molecule has 0 saturated carbocycles. The lowest BCUT2D eigenvalue weighted by molar-refractivity contribution is 0.0636. The van der Waals surface area contributed by atoms with Crippen molar-refractivity contribution >= 4 is 22.7 Å². The Morgan fingerprint density at radius 1 is 1.32 bits per heavy atom. The van der Waals surface area contributed by atoms with Crippen LogP contribution < -0.4 is 5.32 Å². The Morgan fingerprint density at radius 3 is 2.63 bits per heavy atom. The number of aromatic nitrogens is 1. The zero-order valence-electron chi connectivity index (χ0n) is 12.1. The smallest absolute Gasteiger partial charge is 0.412 e. The summed E-state index contributed by atoms with van der Waals surface area (Å²) < 4.78 is 7.34. The second kappa shape index (κ2) is 4.61. The van der Waals surface area contributed by atoms with Crippen molar-refractivity contribution in [2.45, 2.75) is 33.3 Å². The SMILES string of the molecule is Cc1cc2cccc(NC(=O)OC(C)(C)C)c2n1C. The molecule has 1 aromatic carbocycles. The molecule has 1 N–H and O–H groups in total. The van der Waals surface area contributed by atoms with Crippen LogP contribution in [0.15, 0.2) is 24.3 Å². The van der Waals surface area contributed by atoms with Crippen LogP contribution in [-0.2, 0) is 11.8 Å². The number of aryl methyl sites for hydroxylation is 2. The number of nitrogens with zero attached hydrogens (tertiary/aromatic N) is 1. The third kappa shape index (κ3) is 2.89. The summed E-state index contributed by atoms with van der Waals surface area (Å²) in [6.45, 7) is 7.58. The number of nitrogens with one attached hydrogen (secondary N) is 1. The molecule has 0 unspecified atom stereocenters. The molecule has 0 fully saturated rings. The van der Waals surface area contributed by atoms with Gasteiger partial charge in [-0.3, -0.25) is 5.32 Å². The number of para-hydroxylation sites is 1. The molecule has 0 radical (unpaired) electrons. The van der Waals surface area contributed by atoms with Crippen LogP contribution in [0.1, 0.15) is 26.5 Å². The number of hydrogen-bond acceptors (Lipinski definition) is 2. The predicted octanol–water partition coefficient (Wildman–Crippen LogP) is 3.83. The molecule has 4 heteroatoms. The number of anilines is 1. The van der Waals surface area contributed by atoms with Crippen molar-refractivity contribution in [3.05, 3.63) is 30.0 Å². The predicted molar refractivity (Wildman–Crippen MR) is 77.5 cm³/mol. The molecule has 0 aliphatic heterocycles. The highest BCUT2D eigenvalue weighted by molar-refractivity contribution is 5.99. The van der Waals surface area contributed by atoms with Crippen LogP contribution in [0.3, 0.4) is 0 Å². The van der Waals surface area contributed by atoms with Gasteiger partial charge in [-0.1, -0.05) is 12.1 Å². The van der Waals surface area contributed by atoms with E-state index in [2.05, 4.69) is 16.0 Å². The fourth-order valence-electron chi connectivity index (χ4n) is 2.06. The third-order valence-electron chi connectivity index (χ3n) is 2.93. The standard InChI is InChI=1S/C15H20N2O2/c1-10-9-11-7-6-8-12(13(11)17(10)5)16-14(18)19-15(2,3)4/h6-9H,1-5H3,(H,16,18). The van der Waals surface area contributed by atoms with Crippen LogP contribution in [0, 0.1) is 6.92 Å². The number of carbonyl (C=O) groups excluding carboxylic acids is 1. The summed E-state index contributed by atoms with van der Waals surface area (Å²) >= 11 is 0. The van der Waals surface area contributed by atoms with Crippen LogP contribution in [0.25, 0.3) is 10.9 Å². The molecule has 1 heterocycles. The molecule has 0 aliphatic carbocycles. The van der Waals surface area contributed by atoms with Crippen molar-refractivity contribution in [1.82, 2.24) is 4.57 Å². The van der Waals surface area contributed by atoms with E-state index in [1.807, 2.05) is 52.9 Å². The van der Waals surface area contributed by atoms with Gasteiger partial charge in [0, 0.05) is 18.1 Å². The van der Waals surface area contributed by atoms with Crippen LogP contribution >= 0.6 is 0 Å². The minimum absolute atomic E-state index is 0.432. The Labute approximate surface area is 113 Å². The van der Waals surface area contributed by atoms with Gasteiger partial charge in [-0.25, -0.2) is 4.79 Å². The highest BCUT2D eigenvalue weighted by Gasteiger charge is 2.17. The monoisotopic (exact) mass is 260 g/mol. The highest BCUT2D eigenvalue weighted by atomic mass is 16.6. The van der Waals surface area contributed by atoms with Gasteiger partial charge in [-0.05, 0) is 39.8 Å². The Bertz CT molecular complexity index is 621. The Balaban J connectivity index is 2.33. The van der Waals surface area contributed by atoms with Crippen molar-refractivity contribution < 1.29 is 9.53 Å². The molecule has 2 rings (SSSR count). The van der Waals surface area contributed by atoms with E-state index in [9.17, 15) is 4.79 Å². The molecule has 102 valence electrons. The van der Waals surface area contributed by atoms with E-state index in [1.54, 1.807) is 0 Å². The van der Waals surface area contributed by atoms with Crippen LogP contribution in [0.4, 0.5) is 10.5 Å². The highest BCUT2D eigenvalue weighted by Crippen LogP contribution is 2.26. The maximum atomic E-state index is 11.8. The number of rotatable bonds is 1. The van der Waals surface area contributed by atoms with Crippen LogP contribution in [0.2, 0.25) is 0 Å². The van der Waals surface area contributed by atoms with Gasteiger partial charge in [0.25, 0.3) is 0 Å². The summed E-state index contributed by atoms with van der Waals surface area (Å²) in [5.74, 6) is 0. The number of fused-ring (bicyclic) bond motifs is 1. The molecule has 1 amide bonds. The van der Waals surface area contributed by atoms with Crippen molar-refractivity contribution in [1.29, 1.82) is 0 Å². The van der Waals surface area contributed by atoms with Gasteiger partial charge in [0.1, 0.15) is 5.60 Å². The maximum absolute atomic E-state index is 11.8. The Kier molecular flexibility index (Phi) is 3.27. The first-order valence-corrected chi connectivity index (χ1v) is 6.33. The summed E-state index contributed by atoms with van der Waals surface area (Å²) in [6.07, 6.45) is -0.432. The van der Waals surface area contributed by atoms with Gasteiger partial charge in [0.2, 0.25) is 0 Å². The summed E-state index contributed by atoms with van der Waals surface area (Å²) in [6, 6.07) is 7.93. The summed E-state index contributed by atoms with van der Waals surface area (Å²) in [7, 11) is 1.98. The number of carbonyl (C=O) groups is 1. The van der Waals surface area contributed by atoms with E-state index in [4.69, 9.17) is 4.74 Å². The molecule has 19 heavy (non-hydrogen) atoms. The first-order chi connectivity index (χ1) is 8.78. The first kappa shape index (κ1) is 13.5. The normalized spacial score (nSPS) is 11.6. The summed E-state index contributed by atoms with van der Waals surface area (Å²) in [4.78, 5) is 11.8. The second-order valence-electron chi connectivity index (χ2n) is 5.72. The average Bonchev–Trinajstić information content (AvgIpc) is 2.53. The van der Waals surface area contributed by atoms with Gasteiger partial charge in [0.15, 0.2) is 0 Å². The number of amides is 1. The van der Waals surface area contributed by atoms with E-state index in [0.717, 1.165) is 22.3 Å². The molecule has 0 aliphatic rings. The quantitative estimate of drug-likeness (QED) is 0.846. The summed E-state index contributed by atoms with van der Waals surface area (Å²) in [5.41, 5.74) is 2.42. The Morgan fingerprint density at radius 2 is 2.00 bits per heavy atom. The number of hydrogen-bond donors (Lipinski definition) is 1. The van der Waals surface area contributed by atoms with Crippen molar-refractivity contribution in [2.24, 2.45) is 7.05 Å². The van der Waals surface area contributed by atoms with Gasteiger partial charge >= 0.3 is 6.09 Å². The second-order valence-corrected chi connectivity index (χ2v) is 5.72. The third-order valence-corrected chi connectivity index (χ3v) is 2.93. The van der Waals surface area contributed by atoms with E-state index >= 15 is 0 Å². The molecule has 0 atom stereocenters. The molecular formula is C15H20N2O2. The minimum Gasteiger partial charge on any atom is -0.444 e. The van der Waals surface area contributed by atoms with Crippen LogP contribution in [0.5, 0.6) is 0 Å². The van der Waals surface area contributed by atoms with E-state index in [1.165, 1.54) is 0 Å². The number of benzene rings is 1. The molecule has 4 nitrogen and oxygen atoms in total. The summed E-state index contributed by atoms with van der Waals surface area (Å²) in [5, 5.41) is 3.92. The van der Waals surface area contributed by atoms with Gasteiger partial charge in [-0.15, -0.1) is 0 Å². The topological polar surface area (TPSA) is 43.3 Å². The lowest BCUT2D eigenvalue weighted by Gasteiger charge is -2.20. The fourth-order valence-corrected chi connectivity index (χ4v) is 2.06. The van der Waals surface area contributed by atoms with E-state index in [0.29, 0.717) is 0 Å². The lowest BCUT2D eigenvalue weighted by atomic mass is 10.2. The molecule has 0 bridgehead atoms. The maximum Gasteiger partial charge on any atom is 0.412 e. The molecular weight excluding hydrogens is 240 g/mol. The molecule has 1 aromatic heterocycles. The fraction of sp³-hybridized carbons (Fsp3) is 0.400. The van der Waals surface area contributed by atoms with Crippen LogP contribution in [-0.4, -0.2) is 16.3 Å². The molecule has 0 spiro atoms. The van der Waals surface area contributed by atoms with E-state index in [-0.39, 0.29) is 0 Å². The Hall–Kier alpha value is -1.97. The lowest BCUT2D eigenvalue weighted by Crippen LogP contribution is -2.27. The van der Waals surface area contributed by atoms with Gasteiger partial charge < -0.3 is 9.30 Å². The van der Waals surface area contributed by atoms with Crippen molar-refractivity contribution in [3.63, 3.8) is 0 Å². The average molecular weight is 260 g/mol.